The molecule has 26 heavy (non-hydrogen) atoms. The van der Waals surface area contributed by atoms with Gasteiger partial charge in [0.15, 0.2) is 17.3 Å². The van der Waals surface area contributed by atoms with Crippen LogP contribution in [0.5, 0.6) is 11.5 Å². The molecule has 0 aliphatic carbocycles. The van der Waals surface area contributed by atoms with Crippen molar-refractivity contribution in [2.24, 2.45) is 0 Å². The quantitative estimate of drug-likeness (QED) is 0.452. The smallest absolute Gasteiger partial charge is 0.214 e. The number of Topliss-reactive ketones (excluding diaryl/α,β-unsaturated/α-hetero) is 1. The van der Waals surface area contributed by atoms with Crippen LogP contribution in [0, 0.1) is 0 Å². The monoisotopic (exact) mass is 390 g/mol. The van der Waals surface area contributed by atoms with Crippen molar-refractivity contribution in [1.82, 2.24) is 20.2 Å². The van der Waals surface area contributed by atoms with E-state index in [1.807, 2.05) is 12.1 Å². The summed E-state index contributed by atoms with van der Waals surface area (Å²) in [4.78, 5) is 12.5. The Morgan fingerprint density at radius 1 is 1.15 bits per heavy atom. The first kappa shape index (κ1) is 18.2. The highest BCUT2D eigenvalue weighted by molar-refractivity contribution is 7.99. The van der Waals surface area contributed by atoms with Crippen molar-refractivity contribution < 1.29 is 14.3 Å². The van der Waals surface area contributed by atoms with Gasteiger partial charge in [0.25, 0.3) is 0 Å². The Labute approximate surface area is 159 Å². The van der Waals surface area contributed by atoms with Crippen molar-refractivity contribution in [3.8, 4) is 17.2 Å². The van der Waals surface area contributed by atoms with Crippen LogP contribution in [0.2, 0.25) is 5.02 Å². The van der Waals surface area contributed by atoms with Crippen molar-refractivity contribution in [2.45, 2.75) is 5.16 Å². The Kier molecular flexibility index (Phi) is 5.75. The molecule has 0 aliphatic heterocycles. The molecule has 3 rings (SSSR count). The normalized spacial score (nSPS) is 10.6. The van der Waals surface area contributed by atoms with E-state index >= 15 is 0 Å². The predicted octanol–water partition coefficient (Wildman–Crippen LogP) is 3.31. The number of rotatable bonds is 7. The molecule has 0 amide bonds. The van der Waals surface area contributed by atoms with Crippen molar-refractivity contribution in [1.29, 1.82) is 0 Å². The van der Waals surface area contributed by atoms with Gasteiger partial charge >= 0.3 is 0 Å². The number of hydrogen-bond acceptors (Lipinski definition) is 7. The van der Waals surface area contributed by atoms with Gasteiger partial charge in [-0.1, -0.05) is 29.4 Å². The van der Waals surface area contributed by atoms with Gasteiger partial charge in [0.1, 0.15) is 0 Å². The number of ether oxygens (including phenoxy) is 2. The zero-order valence-corrected chi connectivity index (χ0v) is 15.6. The Morgan fingerprint density at radius 3 is 2.69 bits per heavy atom. The number of methoxy groups -OCH3 is 2. The standard InChI is InChI=1S/C17H15ClN4O3S/c1-24-15-7-6-11(8-16(15)25-2)14(23)10-26-17-19-20-21-22(17)13-5-3-4-12(18)9-13/h3-9H,10H2,1-2H3. The number of thioether (sulfide) groups is 1. The molecule has 0 saturated heterocycles. The van der Waals surface area contributed by atoms with E-state index in [1.54, 1.807) is 42.1 Å². The first-order valence-electron chi connectivity index (χ1n) is 7.54. The number of halogens is 1. The van der Waals surface area contributed by atoms with E-state index in [-0.39, 0.29) is 11.5 Å². The Morgan fingerprint density at radius 2 is 1.96 bits per heavy atom. The number of benzene rings is 2. The fraction of sp³-hybridized carbons (Fsp3) is 0.176. The summed E-state index contributed by atoms with van der Waals surface area (Å²) >= 11 is 7.25. The minimum absolute atomic E-state index is 0.0726. The molecule has 1 aromatic heterocycles. The van der Waals surface area contributed by atoms with Crippen molar-refractivity contribution in [3.05, 3.63) is 53.1 Å². The second-order valence-electron chi connectivity index (χ2n) is 5.13. The lowest BCUT2D eigenvalue weighted by atomic mass is 10.1. The molecule has 0 radical (unpaired) electrons. The van der Waals surface area contributed by atoms with Crippen LogP contribution in [-0.2, 0) is 0 Å². The van der Waals surface area contributed by atoms with Gasteiger partial charge in [-0.05, 0) is 46.8 Å². The molecule has 0 bridgehead atoms. The van der Waals surface area contributed by atoms with Crippen LogP contribution >= 0.6 is 23.4 Å². The van der Waals surface area contributed by atoms with Crippen molar-refractivity contribution >= 4 is 29.1 Å². The molecule has 0 aliphatic rings. The summed E-state index contributed by atoms with van der Waals surface area (Å²) in [5, 5.41) is 12.7. The molecule has 134 valence electrons. The molecule has 1 heterocycles. The highest BCUT2D eigenvalue weighted by Gasteiger charge is 2.15. The third kappa shape index (κ3) is 3.97. The van der Waals surface area contributed by atoms with E-state index in [0.29, 0.717) is 27.2 Å². The summed E-state index contributed by atoms with van der Waals surface area (Å²) in [6.07, 6.45) is 0. The SMILES string of the molecule is COc1ccc(C(=O)CSc2nnnn2-c2cccc(Cl)c2)cc1OC. The van der Waals surface area contributed by atoms with Crippen LogP contribution in [0.1, 0.15) is 10.4 Å². The Balaban J connectivity index is 1.74. The Bertz CT molecular complexity index is 932. The number of carbonyl (C=O) groups excluding carboxylic acids is 1. The fourth-order valence-corrected chi connectivity index (χ4v) is 3.23. The van der Waals surface area contributed by atoms with Crippen molar-refractivity contribution in [2.75, 3.05) is 20.0 Å². The lowest BCUT2D eigenvalue weighted by Gasteiger charge is -2.09. The second kappa shape index (κ2) is 8.20. The average molecular weight is 391 g/mol. The number of aromatic nitrogens is 4. The lowest BCUT2D eigenvalue weighted by Crippen LogP contribution is -2.05. The van der Waals surface area contributed by atoms with Crippen LogP contribution in [0.15, 0.2) is 47.6 Å². The van der Waals surface area contributed by atoms with Gasteiger partial charge < -0.3 is 9.47 Å². The summed E-state index contributed by atoms with van der Waals surface area (Å²) in [5.41, 5.74) is 1.25. The number of carbonyl (C=O) groups is 1. The maximum atomic E-state index is 12.5. The van der Waals surface area contributed by atoms with Crippen LogP contribution in [-0.4, -0.2) is 46.0 Å². The molecule has 0 atom stereocenters. The first-order chi connectivity index (χ1) is 12.6. The molecule has 2 aromatic carbocycles. The maximum Gasteiger partial charge on any atom is 0.214 e. The van der Waals surface area contributed by atoms with E-state index in [4.69, 9.17) is 21.1 Å². The summed E-state index contributed by atoms with van der Waals surface area (Å²) < 4.78 is 12.0. The first-order valence-corrected chi connectivity index (χ1v) is 8.91. The summed E-state index contributed by atoms with van der Waals surface area (Å²) in [5.74, 6) is 1.18. The number of ketones is 1. The van der Waals surface area contributed by atoms with E-state index in [0.717, 1.165) is 5.69 Å². The summed E-state index contributed by atoms with van der Waals surface area (Å²) in [6, 6.07) is 12.2. The van der Waals surface area contributed by atoms with Gasteiger partial charge in [0, 0.05) is 10.6 Å². The number of nitrogens with zero attached hydrogens (tertiary/aromatic N) is 4. The molecule has 7 nitrogen and oxygen atoms in total. The van der Waals surface area contributed by atoms with Crippen molar-refractivity contribution in [3.63, 3.8) is 0 Å². The molecule has 0 saturated carbocycles. The maximum absolute atomic E-state index is 12.5. The van der Waals surface area contributed by atoms with Crippen LogP contribution in [0.4, 0.5) is 0 Å². The van der Waals surface area contributed by atoms with Gasteiger partial charge in [-0.3, -0.25) is 4.79 Å². The highest BCUT2D eigenvalue weighted by atomic mass is 35.5. The third-order valence-corrected chi connectivity index (χ3v) is 4.69. The molecule has 0 spiro atoms. The van der Waals surface area contributed by atoms with Crippen LogP contribution in [0.3, 0.4) is 0 Å². The molecular formula is C17H15ClN4O3S. The van der Waals surface area contributed by atoms with Gasteiger partial charge in [-0.15, -0.1) is 5.10 Å². The Hall–Kier alpha value is -2.58. The van der Waals surface area contributed by atoms with E-state index < -0.39 is 0 Å². The number of tetrazole rings is 1. The molecular weight excluding hydrogens is 376 g/mol. The summed E-state index contributed by atoms with van der Waals surface area (Å²) in [6.45, 7) is 0. The van der Waals surface area contributed by atoms with Gasteiger partial charge in [-0.25, -0.2) is 0 Å². The molecule has 9 heteroatoms. The van der Waals surface area contributed by atoms with E-state index in [1.165, 1.54) is 18.9 Å². The average Bonchev–Trinajstić information content (AvgIpc) is 3.14. The minimum Gasteiger partial charge on any atom is -0.493 e. The van der Waals surface area contributed by atoms with E-state index in [9.17, 15) is 4.79 Å². The van der Waals surface area contributed by atoms with Gasteiger partial charge in [0.05, 0.1) is 25.7 Å². The zero-order valence-electron chi connectivity index (χ0n) is 14.0. The summed E-state index contributed by atoms with van der Waals surface area (Å²) in [7, 11) is 3.07. The van der Waals surface area contributed by atoms with Gasteiger partial charge in [0.2, 0.25) is 5.16 Å². The zero-order chi connectivity index (χ0) is 18.5. The highest BCUT2D eigenvalue weighted by Crippen LogP contribution is 2.28. The minimum atomic E-state index is -0.0726. The molecule has 0 fully saturated rings. The van der Waals surface area contributed by atoms with Gasteiger partial charge in [-0.2, -0.15) is 4.68 Å². The lowest BCUT2D eigenvalue weighted by molar-refractivity contribution is 0.102. The molecule has 3 aromatic rings. The predicted molar refractivity (Wildman–Crippen MR) is 98.8 cm³/mol. The third-order valence-electron chi connectivity index (χ3n) is 3.53. The second-order valence-corrected chi connectivity index (χ2v) is 6.51. The van der Waals surface area contributed by atoms with Crippen LogP contribution < -0.4 is 9.47 Å². The fourth-order valence-electron chi connectivity index (χ4n) is 2.26. The largest absolute Gasteiger partial charge is 0.493 e. The molecule has 0 unspecified atom stereocenters. The van der Waals surface area contributed by atoms with Crippen LogP contribution in [0.25, 0.3) is 5.69 Å². The number of hydrogen-bond donors (Lipinski definition) is 0. The topological polar surface area (TPSA) is 79.1 Å². The molecule has 0 N–H and O–H groups in total. The van der Waals surface area contributed by atoms with E-state index in [2.05, 4.69) is 15.5 Å².